The van der Waals surface area contributed by atoms with E-state index < -0.39 is 5.97 Å². The Labute approximate surface area is 156 Å². The fraction of sp³-hybridized carbons (Fsp3) is 0.412. The third kappa shape index (κ3) is 5.59. The number of hydrogen-bond acceptors (Lipinski definition) is 7. The van der Waals surface area contributed by atoms with Crippen molar-refractivity contribution in [3.05, 3.63) is 29.6 Å². The summed E-state index contributed by atoms with van der Waals surface area (Å²) < 4.78 is 17.1. The highest BCUT2D eigenvalue weighted by atomic mass is 16.5. The van der Waals surface area contributed by atoms with Gasteiger partial charge < -0.3 is 24.6 Å². The molecular weight excluding hydrogens is 356 g/mol. The molecule has 0 aliphatic heterocycles. The maximum Gasteiger partial charge on any atom is 0.325 e. The number of carboxylic acids is 1. The summed E-state index contributed by atoms with van der Waals surface area (Å²) in [5, 5.41) is 18.9. The first-order chi connectivity index (χ1) is 13.0. The van der Waals surface area contributed by atoms with Gasteiger partial charge in [0.1, 0.15) is 12.2 Å². The van der Waals surface area contributed by atoms with E-state index in [2.05, 4.69) is 15.6 Å². The van der Waals surface area contributed by atoms with Gasteiger partial charge in [-0.2, -0.15) is 0 Å². The van der Waals surface area contributed by atoms with Crippen LogP contribution >= 0.6 is 0 Å². The largest absolute Gasteiger partial charge is 0.493 e. The van der Waals surface area contributed by atoms with Crippen LogP contribution in [0, 0.1) is 0 Å². The number of benzene rings is 1. The fourth-order valence-electron chi connectivity index (χ4n) is 2.45. The number of hydrogen-bond donors (Lipinski definition) is 2. The number of nitrogens with zero attached hydrogens (tertiary/aromatic N) is 3. The topological polar surface area (TPSA) is 125 Å². The van der Waals surface area contributed by atoms with E-state index in [1.54, 1.807) is 12.1 Å². The number of methoxy groups -OCH3 is 3. The van der Waals surface area contributed by atoms with Crippen LogP contribution in [0.25, 0.3) is 0 Å². The Morgan fingerprint density at radius 3 is 2.37 bits per heavy atom. The van der Waals surface area contributed by atoms with Gasteiger partial charge in [0.2, 0.25) is 11.7 Å². The average Bonchev–Trinajstić information content (AvgIpc) is 3.10. The smallest absolute Gasteiger partial charge is 0.325 e. The van der Waals surface area contributed by atoms with Gasteiger partial charge in [0.15, 0.2) is 11.5 Å². The quantitative estimate of drug-likeness (QED) is 0.617. The Bertz CT molecular complexity index is 779. The Kier molecular flexibility index (Phi) is 6.98. The van der Waals surface area contributed by atoms with E-state index >= 15 is 0 Å². The zero-order valence-electron chi connectivity index (χ0n) is 15.4. The summed E-state index contributed by atoms with van der Waals surface area (Å²) in [7, 11) is 4.59. The second kappa shape index (κ2) is 9.41. The van der Waals surface area contributed by atoms with Gasteiger partial charge in [0.05, 0.1) is 34.1 Å². The zero-order valence-corrected chi connectivity index (χ0v) is 15.4. The molecule has 10 nitrogen and oxygen atoms in total. The van der Waals surface area contributed by atoms with Crippen molar-refractivity contribution in [3.63, 3.8) is 0 Å². The molecule has 0 atom stereocenters. The van der Waals surface area contributed by atoms with Gasteiger partial charge in [-0.15, -0.1) is 5.10 Å². The average molecular weight is 378 g/mol. The van der Waals surface area contributed by atoms with Crippen LogP contribution in [0.4, 0.5) is 0 Å². The number of rotatable bonds is 10. The van der Waals surface area contributed by atoms with E-state index in [1.807, 2.05) is 0 Å². The standard InChI is InChI=1S/C17H22N4O6/c1-25-13-6-11(7-14(26-2)17(13)27-3)4-5-15(22)18-8-12-9-21(20-19-12)10-16(23)24/h6-7,9H,4-5,8,10H2,1-3H3,(H,18,22)(H,23,24). The number of ether oxygens (including phenoxy) is 3. The molecule has 2 N–H and O–H groups in total. The molecule has 2 rings (SSSR count). The van der Waals surface area contributed by atoms with Crippen molar-refractivity contribution in [3.8, 4) is 17.2 Å². The Hall–Kier alpha value is -3.30. The molecule has 1 aromatic heterocycles. The molecule has 0 saturated carbocycles. The summed E-state index contributed by atoms with van der Waals surface area (Å²) in [6, 6.07) is 3.60. The normalized spacial score (nSPS) is 10.3. The lowest BCUT2D eigenvalue weighted by Gasteiger charge is -2.14. The summed E-state index contributed by atoms with van der Waals surface area (Å²) in [6.45, 7) is -0.101. The lowest BCUT2D eigenvalue weighted by Crippen LogP contribution is -2.23. The first kappa shape index (κ1) is 20.0. The van der Waals surface area contributed by atoms with Gasteiger partial charge in [0, 0.05) is 6.42 Å². The van der Waals surface area contributed by atoms with Crippen LogP contribution in [0.1, 0.15) is 17.7 Å². The molecule has 2 aromatic rings. The van der Waals surface area contributed by atoms with Crippen LogP contribution in [0.5, 0.6) is 17.2 Å². The minimum Gasteiger partial charge on any atom is -0.493 e. The number of amides is 1. The van der Waals surface area contributed by atoms with Crippen molar-refractivity contribution in [1.82, 2.24) is 20.3 Å². The first-order valence-corrected chi connectivity index (χ1v) is 8.13. The molecule has 0 radical (unpaired) electrons. The van der Waals surface area contributed by atoms with E-state index in [1.165, 1.54) is 32.2 Å². The predicted molar refractivity (Wildman–Crippen MR) is 93.9 cm³/mol. The van der Waals surface area contributed by atoms with E-state index in [0.29, 0.717) is 29.4 Å². The molecule has 146 valence electrons. The van der Waals surface area contributed by atoms with E-state index in [-0.39, 0.29) is 25.4 Å². The molecule has 0 saturated heterocycles. The van der Waals surface area contributed by atoms with Crippen molar-refractivity contribution in [1.29, 1.82) is 0 Å². The number of aromatic nitrogens is 3. The minimum atomic E-state index is -1.01. The third-order valence-corrected chi connectivity index (χ3v) is 3.72. The second-order valence-electron chi connectivity index (χ2n) is 5.61. The molecule has 1 amide bonds. The predicted octanol–water partition coefficient (Wildman–Crippen LogP) is 0.638. The number of aliphatic carboxylic acids is 1. The van der Waals surface area contributed by atoms with Gasteiger partial charge >= 0.3 is 5.97 Å². The molecule has 1 heterocycles. The van der Waals surface area contributed by atoms with Gasteiger partial charge in [-0.1, -0.05) is 5.21 Å². The van der Waals surface area contributed by atoms with Crippen molar-refractivity contribution in [2.75, 3.05) is 21.3 Å². The second-order valence-corrected chi connectivity index (χ2v) is 5.61. The maximum atomic E-state index is 12.1. The van der Waals surface area contributed by atoms with Gasteiger partial charge in [-0.05, 0) is 24.1 Å². The summed E-state index contributed by atoms with van der Waals surface area (Å²) in [5.41, 5.74) is 1.35. The van der Waals surface area contributed by atoms with E-state index in [0.717, 1.165) is 5.56 Å². The lowest BCUT2D eigenvalue weighted by molar-refractivity contribution is -0.138. The van der Waals surface area contributed by atoms with Crippen LogP contribution in [0.15, 0.2) is 18.3 Å². The zero-order chi connectivity index (χ0) is 19.8. The van der Waals surface area contributed by atoms with E-state index in [9.17, 15) is 9.59 Å². The summed E-state index contributed by atoms with van der Waals surface area (Å²) in [4.78, 5) is 22.7. The van der Waals surface area contributed by atoms with Crippen molar-refractivity contribution >= 4 is 11.9 Å². The molecule has 0 unspecified atom stereocenters. The number of carbonyl (C=O) groups is 2. The maximum absolute atomic E-state index is 12.1. The molecule has 0 aliphatic rings. The highest BCUT2D eigenvalue weighted by molar-refractivity contribution is 5.76. The summed E-state index contributed by atoms with van der Waals surface area (Å²) in [5.74, 6) is 0.375. The highest BCUT2D eigenvalue weighted by Gasteiger charge is 2.14. The van der Waals surface area contributed by atoms with Crippen LogP contribution in [-0.4, -0.2) is 53.3 Å². The van der Waals surface area contributed by atoms with Crippen LogP contribution < -0.4 is 19.5 Å². The van der Waals surface area contributed by atoms with E-state index in [4.69, 9.17) is 19.3 Å². The molecular formula is C17H22N4O6. The molecule has 1 aromatic carbocycles. The molecule has 0 fully saturated rings. The number of carboxylic acid groups (broad SMARTS) is 1. The van der Waals surface area contributed by atoms with Crippen molar-refractivity contribution in [2.24, 2.45) is 0 Å². The lowest BCUT2D eigenvalue weighted by atomic mass is 10.1. The van der Waals surface area contributed by atoms with Crippen LogP contribution in [0.3, 0.4) is 0 Å². The summed E-state index contributed by atoms with van der Waals surface area (Å²) in [6.07, 6.45) is 2.21. The van der Waals surface area contributed by atoms with Crippen LogP contribution in [0.2, 0.25) is 0 Å². The Morgan fingerprint density at radius 1 is 1.15 bits per heavy atom. The molecule has 10 heteroatoms. The van der Waals surface area contributed by atoms with Gasteiger partial charge in [-0.3, -0.25) is 9.59 Å². The minimum absolute atomic E-state index is 0.170. The molecule has 0 aliphatic carbocycles. The van der Waals surface area contributed by atoms with Gasteiger partial charge in [-0.25, -0.2) is 4.68 Å². The van der Waals surface area contributed by atoms with Crippen molar-refractivity contribution in [2.45, 2.75) is 25.9 Å². The number of carbonyl (C=O) groups excluding carboxylic acids is 1. The molecule has 27 heavy (non-hydrogen) atoms. The molecule has 0 spiro atoms. The number of aryl methyl sites for hydroxylation is 1. The highest BCUT2D eigenvalue weighted by Crippen LogP contribution is 2.38. The summed E-state index contributed by atoms with van der Waals surface area (Å²) >= 11 is 0. The Balaban J connectivity index is 1.90. The SMILES string of the molecule is COc1cc(CCC(=O)NCc2cn(CC(=O)O)nn2)cc(OC)c1OC. The fourth-order valence-corrected chi connectivity index (χ4v) is 2.45. The van der Waals surface area contributed by atoms with Gasteiger partial charge in [0.25, 0.3) is 0 Å². The van der Waals surface area contributed by atoms with Crippen molar-refractivity contribution < 1.29 is 28.9 Å². The number of nitrogens with one attached hydrogen (secondary N) is 1. The first-order valence-electron chi connectivity index (χ1n) is 8.13. The third-order valence-electron chi connectivity index (χ3n) is 3.72. The monoisotopic (exact) mass is 378 g/mol. The Morgan fingerprint density at radius 2 is 1.81 bits per heavy atom. The van der Waals surface area contributed by atoms with Crippen LogP contribution in [-0.2, 0) is 29.1 Å². The molecule has 0 bridgehead atoms.